The van der Waals surface area contributed by atoms with E-state index in [-0.39, 0.29) is 30.0 Å². The minimum atomic E-state index is -0.941. The van der Waals surface area contributed by atoms with Crippen LogP contribution in [0.2, 0.25) is 0 Å². The molecule has 2 aromatic carbocycles. The standard InChI is InChI=1S/C25H29FN6O4/c1-16(25(34)27-18-8-4-5-9-18)32(20-11-7-6-10-19(20)26)23(33)15-31-29-24(28-30-31)17-12-13-21(35-2)22(14-17)36-3/h6-7,10-14,16,18H,4-5,8-9,15H2,1-3H3,(H,27,34). The van der Waals surface area contributed by atoms with Gasteiger partial charge in [-0.05, 0) is 55.3 Å². The van der Waals surface area contributed by atoms with Gasteiger partial charge < -0.3 is 14.8 Å². The Morgan fingerprint density at radius 2 is 1.86 bits per heavy atom. The fourth-order valence-corrected chi connectivity index (χ4v) is 4.31. The Labute approximate surface area is 208 Å². The van der Waals surface area contributed by atoms with E-state index in [0.29, 0.717) is 17.1 Å². The number of aromatic nitrogens is 4. The molecule has 0 radical (unpaired) electrons. The first-order valence-corrected chi connectivity index (χ1v) is 11.8. The first-order valence-electron chi connectivity index (χ1n) is 11.8. The van der Waals surface area contributed by atoms with Gasteiger partial charge in [0.1, 0.15) is 18.4 Å². The molecule has 190 valence electrons. The van der Waals surface area contributed by atoms with E-state index in [4.69, 9.17) is 9.47 Å². The first-order chi connectivity index (χ1) is 17.4. The molecule has 0 spiro atoms. The van der Waals surface area contributed by atoms with Crippen molar-refractivity contribution < 1.29 is 23.5 Å². The van der Waals surface area contributed by atoms with Gasteiger partial charge in [-0.15, -0.1) is 10.2 Å². The molecule has 1 N–H and O–H groups in total. The average molecular weight is 497 g/mol. The summed E-state index contributed by atoms with van der Waals surface area (Å²) in [6.07, 6.45) is 3.90. The third kappa shape index (κ3) is 5.45. The van der Waals surface area contributed by atoms with Crippen LogP contribution in [-0.2, 0) is 16.1 Å². The van der Waals surface area contributed by atoms with Crippen LogP contribution in [0.3, 0.4) is 0 Å². The van der Waals surface area contributed by atoms with E-state index in [9.17, 15) is 14.0 Å². The highest BCUT2D eigenvalue weighted by molar-refractivity contribution is 6.00. The van der Waals surface area contributed by atoms with Gasteiger partial charge >= 0.3 is 0 Å². The van der Waals surface area contributed by atoms with Crippen molar-refractivity contribution in [3.63, 3.8) is 0 Å². The van der Waals surface area contributed by atoms with Crippen LogP contribution < -0.4 is 19.7 Å². The van der Waals surface area contributed by atoms with Gasteiger partial charge in [-0.3, -0.25) is 14.5 Å². The monoisotopic (exact) mass is 496 g/mol. The maximum absolute atomic E-state index is 14.7. The lowest BCUT2D eigenvalue weighted by atomic mass is 10.1. The number of carbonyl (C=O) groups is 2. The van der Waals surface area contributed by atoms with Crippen LogP contribution in [0, 0.1) is 5.82 Å². The van der Waals surface area contributed by atoms with Crippen molar-refractivity contribution in [1.29, 1.82) is 0 Å². The number of ether oxygens (including phenoxy) is 2. The Bertz CT molecular complexity index is 1230. The average Bonchev–Trinajstić information content (AvgIpc) is 3.57. The Morgan fingerprint density at radius 3 is 2.56 bits per heavy atom. The SMILES string of the molecule is COc1ccc(-c2nnn(CC(=O)N(c3ccccc3F)C(C)C(=O)NC3CCCC3)n2)cc1OC. The van der Waals surface area contributed by atoms with Crippen molar-refractivity contribution in [2.24, 2.45) is 0 Å². The summed E-state index contributed by atoms with van der Waals surface area (Å²) in [6.45, 7) is 1.24. The van der Waals surface area contributed by atoms with E-state index in [1.165, 1.54) is 32.4 Å². The number of benzene rings is 2. The fraction of sp³-hybridized carbons (Fsp3) is 0.400. The molecule has 11 heteroatoms. The lowest BCUT2D eigenvalue weighted by molar-refractivity contribution is -0.127. The Kier molecular flexibility index (Phi) is 7.77. The van der Waals surface area contributed by atoms with Crippen LogP contribution in [0.25, 0.3) is 11.4 Å². The molecule has 1 saturated carbocycles. The lowest BCUT2D eigenvalue weighted by Gasteiger charge is -2.29. The van der Waals surface area contributed by atoms with Crippen LogP contribution in [0.5, 0.6) is 11.5 Å². The summed E-state index contributed by atoms with van der Waals surface area (Å²) in [6, 6.07) is 10.1. The number of hydrogen-bond donors (Lipinski definition) is 1. The molecule has 0 bridgehead atoms. The number of para-hydroxylation sites is 1. The molecule has 1 aliphatic rings. The zero-order valence-electron chi connectivity index (χ0n) is 20.5. The molecule has 1 atom stereocenters. The van der Waals surface area contributed by atoms with Crippen molar-refractivity contribution in [3.05, 3.63) is 48.3 Å². The normalized spacial score (nSPS) is 14.3. The Hall–Kier alpha value is -4.02. The summed E-state index contributed by atoms with van der Waals surface area (Å²) in [7, 11) is 3.06. The maximum Gasteiger partial charge on any atom is 0.251 e. The van der Waals surface area contributed by atoms with E-state index in [2.05, 4.69) is 20.7 Å². The molecule has 0 saturated heterocycles. The summed E-state index contributed by atoms with van der Waals surface area (Å²) in [4.78, 5) is 28.6. The van der Waals surface area contributed by atoms with Crippen LogP contribution in [0.1, 0.15) is 32.6 Å². The molecule has 4 rings (SSSR count). The number of methoxy groups -OCH3 is 2. The molecule has 10 nitrogen and oxygen atoms in total. The smallest absolute Gasteiger partial charge is 0.251 e. The van der Waals surface area contributed by atoms with Gasteiger partial charge in [-0.2, -0.15) is 4.80 Å². The van der Waals surface area contributed by atoms with Crippen molar-refractivity contribution in [2.75, 3.05) is 19.1 Å². The Morgan fingerprint density at radius 1 is 1.14 bits per heavy atom. The fourth-order valence-electron chi connectivity index (χ4n) is 4.31. The summed E-state index contributed by atoms with van der Waals surface area (Å²) in [5, 5.41) is 15.3. The zero-order chi connectivity index (χ0) is 25.7. The summed E-state index contributed by atoms with van der Waals surface area (Å²) < 4.78 is 25.3. The highest BCUT2D eigenvalue weighted by Crippen LogP contribution is 2.31. The quantitative estimate of drug-likeness (QED) is 0.485. The molecule has 2 amide bonds. The summed E-state index contributed by atoms with van der Waals surface area (Å²) in [5.41, 5.74) is 0.624. The molecule has 1 fully saturated rings. The predicted molar refractivity (Wildman–Crippen MR) is 130 cm³/mol. The molecule has 3 aromatic rings. The predicted octanol–water partition coefficient (Wildman–Crippen LogP) is 2.98. The zero-order valence-corrected chi connectivity index (χ0v) is 20.5. The van der Waals surface area contributed by atoms with Crippen molar-refractivity contribution >= 4 is 17.5 Å². The second-order valence-electron chi connectivity index (χ2n) is 8.59. The molecular formula is C25H29FN6O4. The largest absolute Gasteiger partial charge is 0.493 e. The van der Waals surface area contributed by atoms with Gasteiger partial charge in [0, 0.05) is 11.6 Å². The third-order valence-corrected chi connectivity index (χ3v) is 6.22. The van der Waals surface area contributed by atoms with E-state index in [1.807, 2.05) is 0 Å². The first kappa shape index (κ1) is 25.1. The van der Waals surface area contributed by atoms with Crippen LogP contribution >= 0.6 is 0 Å². The summed E-state index contributed by atoms with van der Waals surface area (Å²) in [5.74, 6) is -0.178. The van der Waals surface area contributed by atoms with Gasteiger partial charge in [0.2, 0.25) is 11.7 Å². The van der Waals surface area contributed by atoms with Gasteiger partial charge in [0.05, 0.1) is 19.9 Å². The van der Waals surface area contributed by atoms with Gasteiger partial charge in [-0.1, -0.05) is 25.0 Å². The highest BCUT2D eigenvalue weighted by atomic mass is 19.1. The molecule has 1 aliphatic carbocycles. The second kappa shape index (κ2) is 11.1. The molecule has 1 heterocycles. The van der Waals surface area contributed by atoms with Gasteiger partial charge in [0.15, 0.2) is 11.5 Å². The highest BCUT2D eigenvalue weighted by Gasteiger charge is 2.31. The number of anilines is 1. The minimum Gasteiger partial charge on any atom is -0.493 e. The number of rotatable bonds is 9. The number of amides is 2. The lowest BCUT2D eigenvalue weighted by Crippen LogP contribution is -2.51. The van der Waals surface area contributed by atoms with Gasteiger partial charge in [0.25, 0.3) is 5.91 Å². The molecular weight excluding hydrogens is 467 g/mol. The number of hydrogen-bond acceptors (Lipinski definition) is 7. The molecule has 1 aromatic heterocycles. The number of tetrazole rings is 1. The summed E-state index contributed by atoms with van der Waals surface area (Å²) >= 11 is 0. The number of carbonyl (C=O) groups excluding carboxylic acids is 2. The van der Waals surface area contributed by atoms with E-state index >= 15 is 0 Å². The topological polar surface area (TPSA) is 111 Å². The Balaban J connectivity index is 1.56. The maximum atomic E-state index is 14.7. The minimum absolute atomic E-state index is 0.0109. The molecule has 1 unspecified atom stereocenters. The van der Waals surface area contributed by atoms with Gasteiger partial charge in [-0.25, -0.2) is 4.39 Å². The number of nitrogens with one attached hydrogen (secondary N) is 1. The van der Waals surface area contributed by atoms with E-state index in [0.717, 1.165) is 35.4 Å². The third-order valence-electron chi connectivity index (χ3n) is 6.22. The number of halogens is 1. The molecule has 0 aliphatic heterocycles. The van der Waals surface area contributed by atoms with Crippen molar-refractivity contribution in [3.8, 4) is 22.9 Å². The van der Waals surface area contributed by atoms with E-state index in [1.54, 1.807) is 31.2 Å². The molecule has 36 heavy (non-hydrogen) atoms. The van der Waals surface area contributed by atoms with Crippen LogP contribution in [-0.4, -0.2) is 58.3 Å². The number of nitrogens with zero attached hydrogens (tertiary/aromatic N) is 5. The van der Waals surface area contributed by atoms with Crippen molar-refractivity contribution in [1.82, 2.24) is 25.5 Å². The van der Waals surface area contributed by atoms with Crippen LogP contribution in [0.4, 0.5) is 10.1 Å². The van der Waals surface area contributed by atoms with Crippen LogP contribution in [0.15, 0.2) is 42.5 Å². The second-order valence-corrected chi connectivity index (χ2v) is 8.59. The van der Waals surface area contributed by atoms with Crippen molar-refractivity contribution in [2.45, 2.75) is 51.2 Å². The van der Waals surface area contributed by atoms with E-state index < -0.39 is 17.8 Å².